The largest absolute Gasteiger partial charge is 0.461 e. The van der Waals surface area contributed by atoms with Crippen LogP contribution in [0.4, 0.5) is 4.39 Å². The molecule has 27 heavy (non-hydrogen) atoms. The van der Waals surface area contributed by atoms with Gasteiger partial charge in [0.25, 0.3) is 0 Å². The number of hydrogen-bond donors (Lipinski definition) is 0. The molecule has 1 heterocycles. The van der Waals surface area contributed by atoms with Gasteiger partial charge in [-0.1, -0.05) is 12.1 Å². The van der Waals surface area contributed by atoms with E-state index in [2.05, 4.69) is 0 Å². The molecule has 2 aromatic rings. The topological polar surface area (TPSA) is 63.7 Å². The molecule has 0 aliphatic carbocycles. The summed E-state index contributed by atoms with van der Waals surface area (Å²) in [4.78, 5) is 12.8. The van der Waals surface area contributed by atoms with E-state index in [0.717, 1.165) is 12.8 Å². The lowest BCUT2D eigenvalue weighted by Gasteiger charge is -2.15. The van der Waals surface area contributed by atoms with Crippen LogP contribution in [0.5, 0.6) is 0 Å². The summed E-state index contributed by atoms with van der Waals surface area (Å²) in [6.07, 6.45) is 1.74. The predicted octanol–water partition coefficient (Wildman–Crippen LogP) is 3.56. The van der Waals surface area contributed by atoms with Crippen LogP contribution in [0.3, 0.4) is 0 Å². The Hall–Kier alpha value is -1.90. The molecule has 0 radical (unpaired) electrons. The van der Waals surface area contributed by atoms with E-state index < -0.39 is 16.0 Å². The van der Waals surface area contributed by atoms with Crippen LogP contribution in [0.25, 0.3) is 0 Å². The molecule has 1 fully saturated rings. The first kappa shape index (κ1) is 19.9. The van der Waals surface area contributed by atoms with Crippen molar-refractivity contribution in [3.63, 3.8) is 0 Å². The molecule has 1 aliphatic heterocycles. The van der Waals surface area contributed by atoms with Crippen LogP contribution < -0.4 is 0 Å². The van der Waals surface area contributed by atoms with Gasteiger partial charge in [0, 0.05) is 23.7 Å². The second kappa shape index (κ2) is 8.86. The monoisotopic (exact) mass is 409 g/mol. The summed E-state index contributed by atoms with van der Waals surface area (Å²) < 4.78 is 45.1. The summed E-state index contributed by atoms with van der Waals surface area (Å²) >= 11 is 1.27. The van der Waals surface area contributed by atoms with Gasteiger partial charge in [-0.3, -0.25) is 0 Å². The average Bonchev–Trinajstić information content (AvgIpc) is 3.22. The Morgan fingerprint density at radius 1 is 1.07 bits per heavy atom. The van der Waals surface area contributed by atoms with E-state index in [1.807, 2.05) is 0 Å². The second-order valence-corrected chi connectivity index (χ2v) is 9.13. The molecule has 0 bridgehead atoms. The Balaban J connectivity index is 1.52. The molecule has 0 unspecified atom stereocenters. The molecular weight excluding hydrogens is 389 g/mol. The van der Waals surface area contributed by atoms with Gasteiger partial charge in [0.15, 0.2) is 0 Å². The molecule has 0 N–H and O–H groups in total. The first-order valence-electron chi connectivity index (χ1n) is 8.63. The minimum Gasteiger partial charge on any atom is -0.461 e. The second-order valence-electron chi connectivity index (χ2n) is 6.05. The zero-order chi connectivity index (χ0) is 19.3. The Bertz CT molecular complexity index is 894. The summed E-state index contributed by atoms with van der Waals surface area (Å²) in [5, 5.41) is 0. The van der Waals surface area contributed by atoms with Crippen molar-refractivity contribution < 1.29 is 22.3 Å². The Kier molecular flexibility index (Phi) is 6.51. The number of thioether (sulfide) groups is 1. The number of ether oxygens (including phenoxy) is 1. The number of benzene rings is 2. The number of rotatable bonds is 7. The van der Waals surface area contributed by atoms with Crippen molar-refractivity contribution in [3.05, 3.63) is 59.9 Å². The molecule has 144 valence electrons. The molecule has 0 aromatic heterocycles. The zero-order valence-corrected chi connectivity index (χ0v) is 16.3. The lowest BCUT2D eigenvalue weighted by atomic mass is 10.2. The molecule has 0 spiro atoms. The average molecular weight is 410 g/mol. The number of sulfonamides is 1. The van der Waals surface area contributed by atoms with Crippen molar-refractivity contribution in [3.8, 4) is 0 Å². The molecule has 1 saturated heterocycles. The minimum atomic E-state index is -3.49. The van der Waals surface area contributed by atoms with Crippen molar-refractivity contribution in [2.45, 2.75) is 22.6 Å². The molecular formula is C19H20FNO4S2. The standard InChI is InChI=1S/C19H20FNO4S2/c20-17-5-1-2-6-18(17)26-14-13-25-19(22)15-7-9-16(10-8-15)27(23,24)21-11-3-4-12-21/h1-2,5-10H,3-4,11-14H2. The van der Waals surface area contributed by atoms with Crippen molar-refractivity contribution in [1.82, 2.24) is 4.31 Å². The highest BCUT2D eigenvalue weighted by atomic mass is 32.2. The van der Waals surface area contributed by atoms with Gasteiger partial charge < -0.3 is 4.74 Å². The third-order valence-electron chi connectivity index (χ3n) is 4.20. The molecule has 2 aromatic carbocycles. The van der Waals surface area contributed by atoms with Crippen molar-refractivity contribution in [2.24, 2.45) is 0 Å². The lowest BCUT2D eigenvalue weighted by molar-refractivity contribution is 0.0530. The normalized spacial score (nSPS) is 15.0. The van der Waals surface area contributed by atoms with Gasteiger partial charge in [0.1, 0.15) is 12.4 Å². The number of carbonyl (C=O) groups excluding carboxylic acids is 1. The van der Waals surface area contributed by atoms with E-state index in [4.69, 9.17) is 4.74 Å². The summed E-state index contributed by atoms with van der Waals surface area (Å²) in [6.45, 7) is 1.20. The van der Waals surface area contributed by atoms with Crippen LogP contribution >= 0.6 is 11.8 Å². The number of carbonyl (C=O) groups is 1. The van der Waals surface area contributed by atoms with E-state index in [9.17, 15) is 17.6 Å². The van der Waals surface area contributed by atoms with Gasteiger partial charge in [0.2, 0.25) is 10.0 Å². The fourth-order valence-corrected chi connectivity index (χ4v) is 5.06. The maximum atomic E-state index is 13.5. The van der Waals surface area contributed by atoms with Gasteiger partial charge in [-0.2, -0.15) is 4.31 Å². The highest BCUT2D eigenvalue weighted by Gasteiger charge is 2.27. The van der Waals surface area contributed by atoms with Crippen LogP contribution in [0.15, 0.2) is 58.3 Å². The van der Waals surface area contributed by atoms with Crippen molar-refractivity contribution in [1.29, 1.82) is 0 Å². The first-order valence-corrected chi connectivity index (χ1v) is 11.1. The van der Waals surface area contributed by atoms with Crippen LogP contribution in [0, 0.1) is 5.82 Å². The van der Waals surface area contributed by atoms with Gasteiger partial charge >= 0.3 is 5.97 Å². The summed E-state index contributed by atoms with van der Waals surface area (Å²) in [6, 6.07) is 12.2. The maximum absolute atomic E-state index is 13.5. The van der Waals surface area contributed by atoms with Crippen LogP contribution in [-0.4, -0.2) is 44.1 Å². The highest BCUT2D eigenvalue weighted by Crippen LogP contribution is 2.22. The fourth-order valence-electron chi connectivity index (χ4n) is 2.77. The van der Waals surface area contributed by atoms with E-state index in [1.165, 1.54) is 46.4 Å². The van der Waals surface area contributed by atoms with Crippen LogP contribution in [-0.2, 0) is 14.8 Å². The van der Waals surface area contributed by atoms with Crippen molar-refractivity contribution in [2.75, 3.05) is 25.4 Å². The molecule has 0 amide bonds. The Labute approximate surface area is 162 Å². The lowest BCUT2D eigenvalue weighted by Crippen LogP contribution is -2.27. The quantitative estimate of drug-likeness (QED) is 0.397. The van der Waals surface area contributed by atoms with Crippen molar-refractivity contribution >= 4 is 27.8 Å². The summed E-state index contributed by atoms with van der Waals surface area (Å²) in [7, 11) is -3.49. The van der Waals surface area contributed by atoms with Gasteiger partial charge in [-0.15, -0.1) is 11.8 Å². The Morgan fingerprint density at radius 3 is 2.41 bits per heavy atom. The fraction of sp³-hybridized carbons (Fsp3) is 0.316. The number of halogens is 1. The van der Waals surface area contributed by atoms with Gasteiger partial charge in [-0.05, 0) is 49.2 Å². The van der Waals surface area contributed by atoms with Crippen LogP contribution in [0.1, 0.15) is 23.2 Å². The van der Waals surface area contributed by atoms with Gasteiger partial charge in [0.05, 0.1) is 10.5 Å². The number of nitrogens with zero attached hydrogens (tertiary/aromatic N) is 1. The summed E-state index contributed by atoms with van der Waals surface area (Å²) in [5.74, 6) is -0.411. The molecule has 5 nitrogen and oxygen atoms in total. The van der Waals surface area contributed by atoms with E-state index in [0.29, 0.717) is 23.7 Å². The minimum absolute atomic E-state index is 0.131. The van der Waals surface area contributed by atoms with E-state index in [1.54, 1.807) is 18.2 Å². The van der Waals surface area contributed by atoms with Gasteiger partial charge in [-0.25, -0.2) is 17.6 Å². The first-order chi connectivity index (χ1) is 13.0. The molecule has 0 saturated carbocycles. The van der Waals surface area contributed by atoms with E-state index in [-0.39, 0.29) is 22.9 Å². The molecule has 8 heteroatoms. The third-order valence-corrected chi connectivity index (χ3v) is 7.13. The SMILES string of the molecule is O=C(OCCSc1ccccc1F)c1ccc(S(=O)(=O)N2CCCC2)cc1. The molecule has 1 aliphatic rings. The summed E-state index contributed by atoms with van der Waals surface area (Å²) in [5.41, 5.74) is 0.284. The Morgan fingerprint density at radius 2 is 1.74 bits per heavy atom. The molecule has 3 rings (SSSR count). The number of hydrogen-bond acceptors (Lipinski definition) is 5. The number of esters is 1. The van der Waals surface area contributed by atoms with Crippen LogP contribution in [0.2, 0.25) is 0 Å². The maximum Gasteiger partial charge on any atom is 0.338 e. The zero-order valence-electron chi connectivity index (χ0n) is 14.6. The highest BCUT2D eigenvalue weighted by molar-refractivity contribution is 7.99. The predicted molar refractivity (Wildman–Crippen MR) is 102 cm³/mol. The molecule has 0 atom stereocenters. The van der Waals surface area contributed by atoms with E-state index >= 15 is 0 Å². The third kappa shape index (κ3) is 4.88. The smallest absolute Gasteiger partial charge is 0.338 e.